The van der Waals surface area contributed by atoms with E-state index >= 15 is 0 Å². The van der Waals surface area contributed by atoms with E-state index in [0.29, 0.717) is 16.5 Å². The minimum absolute atomic E-state index is 0. The van der Waals surface area contributed by atoms with Gasteiger partial charge in [0.05, 0.1) is 5.39 Å². The molecular formula is C22H19BrN4OS. The van der Waals surface area contributed by atoms with Crippen molar-refractivity contribution in [3.05, 3.63) is 96.1 Å². The molecule has 0 amide bonds. The van der Waals surface area contributed by atoms with E-state index in [1.165, 1.54) is 16.4 Å². The van der Waals surface area contributed by atoms with E-state index in [2.05, 4.69) is 4.98 Å². The number of Topliss-reactive ketones (excluding diaryl/α,β-unsaturated/α-hetero) is 1. The first-order valence-corrected chi connectivity index (χ1v) is 9.69. The SMILES string of the molecule is Nc1c2ccccc2nc(SC(C(=O)c2ccccc2)c2ccccc2)[n+]1N.[Br-]. The number of anilines is 1. The van der Waals surface area contributed by atoms with Crippen LogP contribution in [0.25, 0.3) is 10.9 Å². The second-order valence-electron chi connectivity index (χ2n) is 6.31. The van der Waals surface area contributed by atoms with Crippen molar-refractivity contribution in [2.45, 2.75) is 10.4 Å². The van der Waals surface area contributed by atoms with Crippen LogP contribution in [0.5, 0.6) is 0 Å². The standard InChI is InChI=1S/C22H18N4OS.BrH/c23-21-17-13-7-8-14-18(17)25-22(26(21)24)28-20(16-11-5-2-6-12-16)19(27)15-9-3-1-4-10-15;/h1-14,20,23H,24H2;1H. The Labute approximate surface area is 183 Å². The number of nitrogens with two attached hydrogens (primary N) is 2. The van der Waals surface area contributed by atoms with Crippen LogP contribution in [0.4, 0.5) is 5.82 Å². The van der Waals surface area contributed by atoms with E-state index in [4.69, 9.17) is 11.6 Å². The molecule has 7 heteroatoms. The summed E-state index contributed by atoms with van der Waals surface area (Å²) in [7, 11) is 0. The van der Waals surface area contributed by atoms with Gasteiger partial charge >= 0.3 is 5.16 Å². The number of benzene rings is 3. The van der Waals surface area contributed by atoms with Crippen LogP contribution in [-0.2, 0) is 0 Å². The fourth-order valence-electron chi connectivity index (χ4n) is 3.02. The van der Waals surface area contributed by atoms with Crippen molar-refractivity contribution in [2.75, 3.05) is 11.6 Å². The molecule has 0 aliphatic carbocycles. The molecule has 1 atom stereocenters. The quantitative estimate of drug-likeness (QED) is 0.147. The number of aromatic nitrogens is 2. The first kappa shape index (κ1) is 20.8. The number of halogens is 1. The Morgan fingerprint density at radius 3 is 2.17 bits per heavy atom. The number of hydrogen-bond acceptors (Lipinski definition) is 5. The van der Waals surface area contributed by atoms with Gasteiger partial charge in [-0.05, 0) is 29.5 Å². The molecule has 0 radical (unpaired) electrons. The topological polar surface area (TPSA) is 85.9 Å². The first-order valence-electron chi connectivity index (χ1n) is 8.81. The minimum Gasteiger partial charge on any atom is -1.00 e. The van der Waals surface area contributed by atoms with E-state index in [0.717, 1.165) is 16.5 Å². The van der Waals surface area contributed by atoms with Gasteiger partial charge < -0.3 is 22.7 Å². The van der Waals surface area contributed by atoms with Gasteiger partial charge in [-0.2, -0.15) is 0 Å². The number of nitrogen functional groups attached to an aromatic ring is 2. The van der Waals surface area contributed by atoms with Crippen molar-refractivity contribution >= 4 is 34.3 Å². The van der Waals surface area contributed by atoms with Crippen LogP contribution in [0.1, 0.15) is 21.2 Å². The summed E-state index contributed by atoms with van der Waals surface area (Å²) in [4.78, 5) is 17.9. The molecule has 1 unspecified atom stereocenters. The van der Waals surface area contributed by atoms with Crippen LogP contribution in [0.2, 0.25) is 0 Å². The summed E-state index contributed by atoms with van der Waals surface area (Å²) in [5.74, 6) is 6.61. The molecule has 4 N–H and O–H groups in total. The molecule has 0 aliphatic rings. The summed E-state index contributed by atoms with van der Waals surface area (Å²) in [6, 6.07) is 26.4. The molecule has 0 aliphatic heterocycles. The normalized spacial score (nSPS) is 11.6. The maximum atomic E-state index is 13.3. The zero-order valence-corrected chi connectivity index (χ0v) is 17.8. The number of thioether (sulfide) groups is 1. The van der Waals surface area contributed by atoms with E-state index < -0.39 is 5.25 Å². The molecule has 0 spiro atoms. The van der Waals surface area contributed by atoms with Gasteiger partial charge in [0.1, 0.15) is 5.25 Å². The molecule has 3 aromatic carbocycles. The van der Waals surface area contributed by atoms with E-state index in [9.17, 15) is 4.79 Å². The molecule has 5 nitrogen and oxygen atoms in total. The zero-order chi connectivity index (χ0) is 19.5. The molecule has 29 heavy (non-hydrogen) atoms. The Morgan fingerprint density at radius 2 is 1.48 bits per heavy atom. The first-order chi connectivity index (χ1) is 13.6. The molecule has 1 heterocycles. The average Bonchev–Trinajstić information content (AvgIpc) is 2.76. The van der Waals surface area contributed by atoms with Crippen molar-refractivity contribution in [2.24, 2.45) is 0 Å². The number of ketones is 1. The highest BCUT2D eigenvalue weighted by atomic mass is 79.9. The highest BCUT2D eigenvalue weighted by Gasteiger charge is 2.28. The third-order valence-corrected chi connectivity index (χ3v) is 5.70. The van der Waals surface area contributed by atoms with Crippen molar-refractivity contribution < 1.29 is 26.5 Å². The van der Waals surface area contributed by atoms with Crippen molar-refractivity contribution in [3.63, 3.8) is 0 Å². The Kier molecular flexibility index (Phi) is 6.51. The summed E-state index contributed by atoms with van der Waals surface area (Å²) in [5.41, 5.74) is 8.48. The number of rotatable bonds is 5. The highest BCUT2D eigenvalue weighted by Crippen LogP contribution is 2.36. The predicted molar refractivity (Wildman–Crippen MR) is 112 cm³/mol. The molecule has 0 fully saturated rings. The smallest absolute Gasteiger partial charge is 0.322 e. The maximum Gasteiger partial charge on any atom is 0.322 e. The lowest BCUT2D eigenvalue weighted by atomic mass is 10.0. The Balaban J connectivity index is 0.00000240. The van der Waals surface area contributed by atoms with Gasteiger partial charge in [-0.15, -0.1) is 4.68 Å². The fraction of sp³-hybridized carbons (Fsp3) is 0.0455. The van der Waals surface area contributed by atoms with Gasteiger partial charge in [-0.3, -0.25) is 10.6 Å². The third-order valence-electron chi connectivity index (χ3n) is 4.48. The third kappa shape index (κ3) is 4.26. The van der Waals surface area contributed by atoms with Crippen LogP contribution in [-0.4, -0.2) is 10.8 Å². The molecule has 0 bridgehead atoms. The molecule has 4 rings (SSSR count). The van der Waals surface area contributed by atoms with Gasteiger partial charge in [0.15, 0.2) is 11.3 Å². The summed E-state index contributed by atoms with van der Waals surface area (Å²) < 4.78 is 1.35. The lowest BCUT2D eigenvalue weighted by molar-refractivity contribution is -0.666. The maximum absolute atomic E-state index is 13.3. The number of para-hydroxylation sites is 1. The van der Waals surface area contributed by atoms with Crippen LogP contribution in [0.3, 0.4) is 0 Å². The van der Waals surface area contributed by atoms with Crippen LogP contribution >= 0.6 is 11.8 Å². The van der Waals surface area contributed by atoms with Gasteiger partial charge in [0, 0.05) is 5.56 Å². The number of hydrogen-bond donors (Lipinski definition) is 2. The molecule has 0 saturated carbocycles. The van der Waals surface area contributed by atoms with Gasteiger partial charge in [0.2, 0.25) is 0 Å². The van der Waals surface area contributed by atoms with Crippen molar-refractivity contribution in [1.29, 1.82) is 0 Å². The Morgan fingerprint density at radius 1 is 0.897 bits per heavy atom. The second kappa shape index (κ2) is 9.07. The van der Waals surface area contributed by atoms with Crippen LogP contribution < -0.4 is 33.2 Å². The predicted octanol–water partition coefficient (Wildman–Crippen LogP) is 0.539. The summed E-state index contributed by atoms with van der Waals surface area (Å²) in [6.45, 7) is 0. The fourth-order valence-corrected chi connectivity index (χ4v) is 4.13. The van der Waals surface area contributed by atoms with E-state index in [1.807, 2.05) is 84.9 Å². The van der Waals surface area contributed by atoms with Crippen LogP contribution in [0, 0.1) is 0 Å². The van der Waals surface area contributed by atoms with E-state index in [1.54, 1.807) is 0 Å². The van der Waals surface area contributed by atoms with Gasteiger partial charge in [0.25, 0.3) is 5.82 Å². The zero-order valence-electron chi connectivity index (χ0n) is 15.4. The van der Waals surface area contributed by atoms with Crippen molar-refractivity contribution in [3.8, 4) is 0 Å². The van der Waals surface area contributed by atoms with Gasteiger partial charge in [-0.1, -0.05) is 77.8 Å². The lowest BCUT2D eigenvalue weighted by Gasteiger charge is -2.15. The number of carbonyl (C=O) groups is 1. The number of fused-ring (bicyclic) bond motifs is 1. The summed E-state index contributed by atoms with van der Waals surface area (Å²) >= 11 is 1.30. The minimum atomic E-state index is -0.494. The average molecular weight is 467 g/mol. The number of carbonyl (C=O) groups excluding carboxylic acids is 1. The molecule has 0 saturated heterocycles. The summed E-state index contributed by atoms with van der Waals surface area (Å²) in [5, 5.41) is 0.765. The Bertz CT molecular complexity index is 1140. The summed E-state index contributed by atoms with van der Waals surface area (Å²) in [6.07, 6.45) is 0. The molecule has 4 aromatic rings. The molecule has 1 aromatic heterocycles. The molecule has 146 valence electrons. The largest absolute Gasteiger partial charge is 1.00 e. The highest BCUT2D eigenvalue weighted by molar-refractivity contribution is 8.00. The van der Waals surface area contributed by atoms with Crippen LogP contribution in [0.15, 0.2) is 90.1 Å². The number of nitrogens with zero attached hydrogens (tertiary/aromatic N) is 2. The lowest BCUT2D eigenvalue weighted by Crippen LogP contribution is -3.00. The van der Waals surface area contributed by atoms with Gasteiger partial charge in [-0.25, -0.2) is 0 Å². The monoisotopic (exact) mass is 466 g/mol. The van der Waals surface area contributed by atoms with Crippen molar-refractivity contribution in [1.82, 2.24) is 4.98 Å². The van der Waals surface area contributed by atoms with E-state index in [-0.39, 0.29) is 22.8 Å². The second-order valence-corrected chi connectivity index (χ2v) is 7.38. The molecular weight excluding hydrogens is 448 g/mol. The Hall–Kier alpha value is -2.90.